The maximum absolute atomic E-state index is 11.9. The van der Waals surface area contributed by atoms with Crippen LogP contribution in [0.25, 0.3) is 0 Å². The zero-order valence-electron chi connectivity index (χ0n) is 13.4. The number of carbonyl (C=O) groups excluding carboxylic acids is 3. The van der Waals surface area contributed by atoms with Crippen LogP contribution in [0.5, 0.6) is 0 Å². The van der Waals surface area contributed by atoms with Crippen molar-refractivity contribution in [1.29, 1.82) is 0 Å². The highest BCUT2D eigenvalue weighted by Crippen LogP contribution is 2.24. The van der Waals surface area contributed by atoms with Crippen molar-refractivity contribution in [3.8, 4) is 0 Å². The summed E-state index contributed by atoms with van der Waals surface area (Å²) in [5.74, 6) is -1.19. The van der Waals surface area contributed by atoms with E-state index in [0.717, 1.165) is 4.90 Å². The van der Waals surface area contributed by atoms with E-state index in [0.29, 0.717) is 14.9 Å². The topological polar surface area (TPSA) is 72.5 Å². The normalized spacial score (nSPS) is 10.3. The summed E-state index contributed by atoms with van der Waals surface area (Å²) in [5.41, 5.74) is 0.667. The molecule has 0 unspecified atom stereocenters. The molecular formula is C17H16ClNO4S2. The number of halogens is 1. The fourth-order valence-electron chi connectivity index (χ4n) is 1.96. The van der Waals surface area contributed by atoms with Crippen LogP contribution in [0, 0.1) is 0 Å². The Hall–Kier alpha value is -1.83. The van der Waals surface area contributed by atoms with E-state index < -0.39 is 11.9 Å². The summed E-state index contributed by atoms with van der Waals surface area (Å²) in [4.78, 5) is 36.9. The molecule has 132 valence electrons. The number of carbonyl (C=O) groups is 3. The number of thioether (sulfide) groups is 1. The first-order valence-corrected chi connectivity index (χ1v) is 9.78. The Morgan fingerprint density at radius 3 is 2.60 bits per heavy atom. The predicted octanol–water partition coefficient (Wildman–Crippen LogP) is 4.27. The Morgan fingerprint density at radius 2 is 1.92 bits per heavy atom. The van der Waals surface area contributed by atoms with Crippen LogP contribution >= 0.6 is 34.7 Å². The maximum Gasteiger partial charge on any atom is 0.306 e. The van der Waals surface area contributed by atoms with E-state index in [1.165, 1.54) is 23.1 Å². The standard InChI is InChI=1S/C17H16ClNO4S2/c1-24-13-5-3-2-4-11(13)19-16(21)10-23-17(22)9-6-12(20)14-7-8-15(18)25-14/h2-5,7-8H,6,9-10H2,1H3,(H,19,21). The minimum atomic E-state index is -0.593. The minimum Gasteiger partial charge on any atom is -0.456 e. The molecule has 0 radical (unpaired) electrons. The molecule has 0 aliphatic rings. The molecule has 1 N–H and O–H groups in total. The van der Waals surface area contributed by atoms with Gasteiger partial charge in [-0.3, -0.25) is 14.4 Å². The van der Waals surface area contributed by atoms with Crippen LogP contribution in [0.2, 0.25) is 4.34 Å². The second-order valence-corrected chi connectivity index (χ2v) is 7.50. The highest BCUT2D eigenvalue weighted by Gasteiger charge is 2.14. The molecule has 1 amide bonds. The van der Waals surface area contributed by atoms with Crippen molar-refractivity contribution in [3.63, 3.8) is 0 Å². The SMILES string of the molecule is CSc1ccccc1NC(=O)COC(=O)CCC(=O)c1ccc(Cl)s1. The first-order valence-electron chi connectivity index (χ1n) is 7.36. The van der Waals surface area contributed by atoms with Gasteiger partial charge in [0.05, 0.1) is 21.3 Å². The number of para-hydroxylation sites is 1. The quantitative estimate of drug-likeness (QED) is 0.409. The van der Waals surface area contributed by atoms with Crippen molar-refractivity contribution < 1.29 is 19.1 Å². The zero-order chi connectivity index (χ0) is 18.2. The van der Waals surface area contributed by atoms with E-state index >= 15 is 0 Å². The molecule has 0 saturated heterocycles. The van der Waals surface area contributed by atoms with Crippen molar-refractivity contribution in [3.05, 3.63) is 45.6 Å². The van der Waals surface area contributed by atoms with E-state index in [1.54, 1.807) is 18.2 Å². The van der Waals surface area contributed by atoms with Crippen LogP contribution in [-0.4, -0.2) is 30.5 Å². The van der Waals surface area contributed by atoms with Crippen molar-refractivity contribution in [1.82, 2.24) is 0 Å². The van der Waals surface area contributed by atoms with E-state index in [2.05, 4.69) is 5.32 Å². The van der Waals surface area contributed by atoms with E-state index in [-0.39, 0.29) is 25.2 Å². The molecule has 5 nitrogen and oxygen atoms in total. The smallest absolute Gasteiger partial charge is 0.306 e. The van der Waals surface area contributed by atoms with E-state index in [4.69, 9.17) is 16.3 Å². The molecule has 2 rings (SSSR count). The second kappa shape index (κ2) is 9.60. The van der Waals surface area contributed by atoms with Gasteiger partial charge in [0.1, 0.15) is 0 Å². The monoisotopic (exact) mass is 397 g/mol. The molecule has 0 aliphatic carbocycles. The van der Waals surface area contributed by atoms with E-state index in [9.17, 15) is 14.4 Å². The highest BCUT2D eigenvalue weighted by atomic mass is 35.5. The molecule has 0 fully saturated rings. The molecule has 0 bridgehead atoms. The Kier molecular flexibility index (Phi) is 7.49. The van der Waals surface area contributed by atoms with Crippen LogP contribution in [0.15, 0.2) is 41.3 Å². The van der Waals surface area contributed by atoms with Crippen LogP contribution < -0.4 is 5.32 Å². The average molecular weight is 398 g/mol. The molecule has 2 aromatic rings. The summed E-state index contributed by atoms with van der Waals surface area (Å²) < 4.78 is 5.43. The van der Waals surface area contributed by atoms with Gasteiger partial charge in [-0.1, -0.05) is 23.7 Å². The Labute approximate surface area is 158 Å². The number of Topliss-reactive ketones (excluding diaryl/α,β-unsaturated/α-hetero) is 1. The fourth-order valence-corrected chi connectivity index (χ4v) is 3.52. The predicted molar refractivity (Wildman–Crippen MR) is 101 cm³/mol. The molecular weight excluding hydrogens is 382 g/mol. The Morgan fingerprint density at radius 1 is 1.16 bits per heavy atom. The summed E-state index contributed by atoms with van der Waals surface area (Å²) in [6.07, 6.45) is 1.85. The summed E-state index contributed by atoms with van der Waals surface area (Å²) in [7, 11) is 0. The van der Waals surface area contributed by atoms with Crippen LogP contribution in [0.3, 0.4) is 0 Å². The van der Waals surface area contributed by atoms with Gasteiger partial charge < -0.3 is 10.1 Å². The van der Waals surface area contributed by atoms with Gasteiger partial charge in [0.25, 0.3) is 5.91 Å². The Balaban J connectivity index is 1.74. The third kappa shape index (κ3) is 6.19. The average Bonchev–Trinajstić information content (AvgIpc) is 3.05. The molecule has 1 heterocycles. The van der Waals surface area contributed by atoms with Crippen LogP contribution in [0.4, 0.5) is 5.69 Å². The maximum atomic E-state index is 11.9. The zero-order valence-corrected chi connectivity index (χ0v) is 15.8. The molecule has 1 aromatic carbocycles. The van der Waals surface area contributed by atoms with Crippen molar-refractivity contribution in [2.45, 2.75) is 17.7 Å². The first kappa shape index (κ1) is 19.5. The lowest BCUT2D eigenvalue weighted by Crippen LogP contribution is -2.21. The number of nitrogens with one attached hydrogen (secondary N) is 1. The third-order valence-electron chi connectivity index (χ3n) is 3.15. The van der Waals surface area contributed by atoms with Crippen LogP contribution in [-0.2, 0) is 14.3 Å². The van der Waals surface area contributed by atoms with Crippen LogP contribution in [0.1, 0.15) is 22.5 Å². The number of ether oxygens (including phenoxy) is 1. The number of thiophene rings is 1. The molecule has 0 atom stereocenters. The van der Waals surface area contributed by atoms with Gasteiger partial charge in [0.2, 0.25) is 0 Å². The number of benzene rings is 1. The number of ketones is 1. The Bertz CT molecular complexity index is 776. The van der Waals surface area contributed by atoms with E-state index in [1.807, 2.05) is 24.5 Å². The number of hydrogen-bond acceptors (Lipinski definition) is 6. The largest absolute Gasteiger partial charge is 0.456 e. The molecule has 25 heavy (non-hydrogen) atoms. The number of esters is 1. The lowest BCUT2D eigenvalue weighted by atomic mass is 10.2. The van der Waals surface area contributed by atoms with Gasteiger partial charge in [-0.15, -0.1) is 23.1 Å². The molecule has 8 heteroatoms. The molecule has 0 aliphatic heterocycles. The van der Waals surface area contributed by atoms with Gasteiger partial charge in [0, 0.05) is 11.3 Å². The van der Waals surface area contributed by atoms with Crippen molar-refractivity contribution in [2.75, 3.05) is 18.2 Å². The number of amides is 1. The highest BCUT2D eigenvalue weighted by molar-refractivity contribution is 7.98. The molecule has 0 saturated carbocycles. The van der Waals surface area contributed by atoms with Crippen molar-refractivity contribution in [2.24, 2.45) is 0 Å². The van der Waals surface area contributed by atoms with Gasteiger partial charge in [-0.25, -0.2) is 0 Å². The summed E-state index contributed by atoms with van der Waals surface area (Å²) >= 11 is 8.44. The number of anilines is 1. The molecule has 1 aromatic heterocycles. The number of rotatable bonds is 8. The lowest BCUT2D eigenvalue weighted by molar-refractivity contribution is -0.147. The second-order valence-electron chi connectivity index (χ2n) is 4.94. The summed E-state index contributed by atoms with van der Waals surface area (Å²) in [6, 6.07) is 10.6. The van der Waals surface area contributed by atoms with Gasteiger partial charge in [-0.2, -0.15) is 0 Å². The number of hydrogen-bond donors (Lipinski definition) is 1. The lowest BCUT2D eigenvalue weighted by Gasteiger charge is -2.09. The van der Waals surface area contributed by atoms with Gasteiger partial charge in [0.15, 0.2) is 12.4 Å². The third-order valence-corrected chi connectivity index (χ3v) is 5.22. The van der Waals surface area contributed by atoms with Gasteiger partial charge >= 0.3 is 5.97 Å². The fraction of sp³-hybridized carbons (Fsp3) is 0.235. The first-order chi connectivity index (χ1) is 12.0. The molecule has 0 spiro atoms. The summed E-state index contributed by atoms with van der Waals surface area (Å²) in [6.45, 7) is -0.388. The summed E-state index contributed by atoms with van der Waals surface area (Å²) in [5, 5.41) is 2.69. The van der Waals surface area contributed by atoms with Gasteiger partial charge in [-0.05, 0) is 30.5 Å². The van der Waals surface area contributed by atoms with Crippen molar-refractivity contribution >= 4 is 58.0 Å². The minimum absolute atomic E-state index is 0.0204.